The normalized spacial score (nSPS) is 12.8. The maximum Gasteiger partial charge on any atom is 0.425 e. The lowest BCUT2D eigenvalue weighted by atomic mass is 10.1. The number of carbonyl (C=O) groups excluding carboxylic acids is 1. The SMILES string of the molecule is CC(=O)O[C@@H](CCCCOc1n[nH]c(=O)c2ccccc12)C(F)(F)F. The number of nitrogens with zero attached hydrogens (tertiary/aromatic N) is 1. The Morgan fingerprint density at radius 2 is 1.92 bits per heavy atom. The maximum absolute atomic E-state index is 12.7. The molecule has 0 amide bonds. The fourth-order valence-electron chi connectivity index (χ4n) is 2.29. The Kier molecular flexibility index (Phi) is 6.00. The molecular weight excluding hydrogens is 341 g/mol. The van der Waals surface area contributed by atoms with E-state index in [1.807, 2.05) is 0 Å². The van der Waals surface area contributed by atoms with Gasteiger partial charge in [-0.1, -0.05) is 12.1 Å². The molecule has 0 unspecified atom stereocenters. The molecule has 1 N–H and O–H groups in total. The van der Waals surface area contributed by atoms with Crippen LogP contribution in [0.15, 0.2) is 29.1 Å². The van der Waals surface area contributed by atoms with E-state index in [4.69, 9.17) is 4.74 Å². The Balaban J connectivity index is 1.88. The van der Waals surface area contributed by atoms with Crippen molar-refractivity contribution in [3.05, 3.63) is 34.6 Å². The van der Waals surface area contributed by atoms with E-state index in [2.05, 4.69) is 14.9 Å². The summed E-state index contributed by atoms with van der Waals surface area (Å²) in [6.07, 6.45) is -6.59. The number of alkyl halides is 3. The molecule has 1 heterocycles. The van der Waals surface area contributed by atoms with E-state index in [-0.39, 0.29) is 30.9 Å². The van der Waals surface area contributed by atoms with Gasteiger partial charge in [0.1, 0.15) is 0 Å². The van der Waals surface area contributed by atoms with Gasteiger partial charge < -0.3 is 9.47 Å². The quantitative estimate of drug-likeness (QED) is 0.608. The first-order chi connectivity index (χ1) is 11.8. The van der Waals surface area contributed by atoms with Crippen LogP contribution in [0.2, 0.25) is 0 Å². The summed E-state index contributed by atoms with van der Waals surface area (Å²) in [5.41, 5.74) is -0.350. The van der Waals surface area contributed by atoms with Gasteiger partial charge in [0.25, 0.3) is 5.56 Å². The molecule has 1 aromatic heterocycles. The number of rotatable bonds is 7. The van der Waals surface area contributed by atoms with Gasteiger partial charge >= 0.3 is 12.1 Å². The zero-order chi connectivity index (χ0) is 18.4. The van der Waals surface area contributed by atoms with E-state index in [0.29, 0.717) is 17.2 Å². The number of unbranched alkanes of at least 4 members (excludes halogenated alkanes) is 1. The van der Waals surface area contributed by atoms with Gasteiger partial charge in [0, 0.05) is 6.92 Å². The van der Waals surface area contributed by atoms with Gasteiger partial charge in [-0.2, -0.15) is 13.2 Å². The highest BCUT2D eigenvalue weighted by Crippen LogP contribution is 2.27. The number of benzene rings is 1. The van der Waals surface area contributed by atoms with E-state index in [1.54, 1.807) is 24.3 Å². The summed E-state index contributed by atoms with van der Waals surface area (Å²) in [5, 5.41) is 7.06. The average Bonchev–Trinajstić information content (AvgIpc) is 2.54. The van der Waals surface area contributed by atoms with Crippen molar-refractivity contribution in [3.63, 3.8) is 0 Å². The molecule has 136 valence electrons. The molecule has 0 aliphatic carbocycles. The number of H-pyrrole nitrogens is 1. The summed E-state index contributed by atoms with van der Waals surface area (Å²) in [4.78, 5) is 22.4. The van der Waals surface area contributed by atoms with Crippen LogP contribution in [-0.2, 0) is 9.53 Å². The predicted octanol–water partition coefficient (Wildman–Crippen LogP) is 2.97. The van der Waals surface area contributed by atoms with E-state index >= 15 is 0 Å². The molecule has 0 saturated heterocycles. The molecule has 0 radical (unpaired) electrons. The van der Waals surface area contributed by atoms with Crippen molar-refractivity contribution in [2.45, 2.75) is 38.5 Å². The van der Waals surface area contributed by atoms with Gasteiger partial charge in [-0.25, -0.2) is 5.10 Å². The Morgan fingerprint density at radius 3 is 2.56 bits per heavy atom. The number of nitrogens with one attached hydrogen (secondary N) is 1. The number of carbonyl (C=O) groups is 1. The Bertz CT molecular complexity index is 789. The molecule has 25 heavy (non-hydrogen) atoms. The minimum atomic E-state index is -4.59. The highest BCUT2D eigenvalue weighted by atomic mass is 19.4. The third-order valence-electron chi connectivity index (χ3n) is 3.43. The molecule has 1 aromatic carbocycles. The number of aromatic amines is 1. The second-order valence-corrected chi connectivity index (χ2v) is 5.39. The van der Waals surface area contributed by atoms with E-state index in [9.17, 15) is 22.8 Å². The standard InChI is InChI=1S/C16H17F3N2O4/c1-10(22)25-13(16(17,18)19)8-4-5-9-24-15-12-7-3-2-6-11(12)14(23)20-21-15/h2-3,6-7,13H,4-5,8-9H2,1H3,(H,20,23)/t13-/m0/s1. The van der Waals surface area contributed by atoms with E-state index in [0.717, 1.165) is 6.92 Å². The van der Waals surface area contributed by atoms with Crippen molar-refractivity contribution >= 4 is 16.7 Å². The van der Waals surface area contributed by atoms with Crippen LogP contribution < -0.4 is 10.3 Å². The highest BCUT2D eigenvalue weighted by Gasteiger charge is 2.41. The van der Waals surface area contributed by atoms with Crippen LogP contribution in [0.5, 0.6) is 5.88 Å². The second kappa shape index (κ2) is 8.00. The van der Waals surface area contributed by atoms with Crippen LogP contribution in [0.1, 0.15) is 26.2 Å². The average molecular weight is 358 g/mol. The molecule has 6 nitrogen and oxygen atoms in total. The lowest BCUT2D eigenvalue weighted by Crippen LogP contribution is -2.33. The minimum Gasteiger partial charge on any atom is -0.476 e. The molecule has 0 saturated carbocycles. The van der Waals surface area contributed by atoms with Gasteiger partial charge in [0.2, 0.25) is 5.88 Å². The van der Waals surface area contributed by atoms with Crippen molar-refractivity contribution < 1.29 is 27.4 Å². The van der Waals surface area contributed by atoms with Gasteiger partial charge in [-0.15, -0.1) is 5.10 Å². The molecule has 0 fully saturated rings. The Hall–Kier alpha value is -2.58. The monoisotopic (exact) mass is 358 g/mol. The van der Waals surface area contributed by atoms with Crippen molar-refractivity contribution in [1.29, 1.82) is 0 Å². The minimum absolute atomic E-state index is 0.119. The summed E-state index contributed by atoms with van der Waals surface area (Å²) in [6.45, 7) is 1.06. The fraction of sp³-hybridized carbons (Fsp3) is 0.438. The molecule has 2 aromatic rings. The predicted molar refractivity (Wildman–Crippen MR) is 83.3 cm³/mol. The summed E-state index contributed by atoms with van der Waals surface area (Å²) in [6, 6.07) is 6.72. The molecule has 0 bridgehead atoms. The lowest BCUT2D eigenvalue weighted by molar-refractivity contribution is -0.221. The third kappa shape index (κ3) is 5.20. The summed E-state index contributed by atoms with van der Waals surface area (Å²) < 4.78 is 47.9. The van der Waals surface area contributed by atoms with Gasteiger partial charge in [0.15, 0.2) is 6.10 Å². The number of halogens is 3. The van der Waals surface area contributed by atoms with Crippen LogP contribution in [0.25, 0.3) is 10.8 Å². The molecule has 9 heteroatoms. The van der Waals surface area contributed by atoms with E-state index < -0.39 is 18.2 Å². The molecule has 0 spiro atoms. The second-order valence-electron chi connectivity index (χ2n) is 5.39. The first-order valence-corrected chi connectivity index (χ1v) is 7.63. The largest absolute Gasteiger partial charge is 0.476 e. The third-order valence-corrected chi connectivity index (χ3v) is 3.43. The number of fused-ring (bicyclic) bond motifs is 1. The van der Waals surface area contributed by atoms with E-state index in [1.165, 1.54) is 0 Å². The van der Waals surface area contributed by atoms with Crippen LogP contribution in [0, 0.1) is 0 Å². The van der Waals surface area contributed by atoms with Crippen LogP contribution in [-0.4, -0.2) is 35.1 Å². The lowest BCUT2D eigenvalue weighted by Gasteiger charge is -2.19. The summed E-state index contributed by atoms with van der Waals surface area (Å²) in [7, 11) is 0. The highest BCUT2D eigenvalue weighted by molar-refractivity contribution is 5.85. The summed E-state index contributed by atoms with van der Waals surface area (Å²) >= 11 is 0. The van der Waals surface area contributed by atoms with Crippen molar-refractivity contribution in [3.8, 4) is 5.88 Å². The number of aromatic nitrogens is 2. The van der Waals surface area contributed by atoms with Gasteiger partial charge in [0.05, 0.1) is 17.4 Å². The van der Waals surface area contributed by atoms with Crippen LogP contribution in [0.4, 0.5) is 13.2 Å². The number of ether oxygens (including phenoxy) is 2. The fourth-order valence-corrected chi connectivity index (χ4v) is 2.29. The number of hydrogen-bond donors (Lipinski definition) is 1. The Morgan fingerprint density at radius 1 is 1.24 bits per heavy atom. The van der Waals surface area contributed by atoms with Gasteiger partial charge in [-0.3, -0.25) is 9.59 Å². The summed E-state index contributed by atoms with van der Waals surface area (Å²) in [5.74, 6) is -0.759. The topological polar surface area (TPSA) is 81.3 Å². The van der Waals surface area contributed by atoms with Crippen molar-refractivity contribution in [1.82, 2.24) is 10.2 Å². The van der Waals surface area contributed by atoms with Crippen molar-refractivity contribution in [2.75, 3.05) is 6.61 Å². The molecule has 1 atom stereocenters. The van der Waals surface area contributed by atoms with Crippen LogP contribution in [0.3, 0.4) is 0 Å². The maximum atomic E-state index is 12.7. The molecule has 0 aliphatic heterocycles. The van der Waals surface area contributed by atoms with Gasteiger partial charge in [-0.05, 0) is 31.4 Å². The van der Waals surface area contributed by atoms with Crippen LogP contribution >= 0.6 is 0 Å². The molecule has 2 rings (SSSR count). The Labute approximate surface area is 140 Å². The first kappa shape index (κ1) is 18.8. The smallest absolute Gasteiger partial charge is 0.425 e. The number of esters is 1. The molecular formula is C16H17F3N2O4. The first-order valence-electron chi connectivity index (χ1n) is 7.63. The molecule has 0 aliphatic rings. The van der Waals surface area contributed by atoms with Crippen molar-refractivity contribution in [2.24, 2.45) is 0 Å². The zero-order valence-corrected chi connectivity index (χ0v) is 13.4. The zero-order valence-electron chi connectivity index (χ0n) is 13.4. The number of hydrogen-bond acceptors (Lipinski definition) is 5.